The molecule has 1 saturated carbocycles. The maximum atomic E-state index is 14.3. The van der Waals surface area contributed by atoms with Crippen molar-refractivity contribution in [3.63, 3.8) is 0 Å². The predicted octanol–water partition coefficient (Wildman–Crippen LogP) is 6.35. The molecule has 0 unspecified atom stereocenters. The number of Topliss-reactive ketones (excluding diaryl/α,β-unsaturated/α-hetero) is 1. The first-order valence-corrected chi connectivity index (χ1v) is 14.0. The predicted molar refractivity (Wildman–Crippen MR) is 140 cm³/mol. The minimum Gasteiger partial charge on any atom is -0.467 e. The van der Waals surface area contributed by atoms with Crippen LogP contribution in [0, 0.1) is 0 Å². The topological polar surface area (TPSA) is 65.1 Å². The number of nitrogens with zero attached hydrogens (tertiary/aromatic N) is 2. The van der Waals surface area contributed by atoms with E-state index in [1.165, 1.54) is 35.1 Å². The number of hydrogen-bond donors (Lipinski definition) is 0. The van der Waals surface area contributed by atoms with Crippen molar-refractivity contribution in [3.8, 4) is 11.3 Å². The first kappa shape index (κ1) is 22.6. The zero-order valence-electron chi connectivity index (χ0n) is 19.4. The van der Waals surface area contributed by atoms with E-state index < -0.39 is 0 Å². The smallest absolute Gasteiger partial charge is 0.258 e. The molecule has 0 bridgehead atoms. The van der Waals surface area contributed by atoms with Crippen LogP contribution in [0.15, 0.2) is 74.5 Å². The summed E-state index contributed by atoms with van der Waals surface area (Å²) in [6.45, 7) is 0.305. The molecule has 3 heterocycles. The van der Waals surface area contributed by atoms with Gasteiger partial charge in [-0.25, -0.2) is 4.98 Å². The number of thiophene rings is 1. The van der Waals surface area contributed by atoms with Gasteiger partial charge in [-0.2, -0.15) is 0 Å². The molecule has 0 amide bonds. The number of carbonyl (C=O) groups excluding carboxylic acids is 1. The number of thioether (sulfide) groups is 1. The lowest BCUT2D eigenvalue weighted by atomic mass is 9.62. The van der Waals surface area contributed by atoms with Gasteiger partial charge in [0, 0.05) is 11.0 Å². The number of fused-ring (bicyclic) bond motifs is 4. The van der Waals surface area contributed by atoms with Crippen LogP contribution in [-0.2, 0) is 18.4 Å². The Bertz CT molecular complexity index is 1420. The van der Waals surface area contributed by atoms with E-state index in [2.05, 4.69) is 18.2 Å². The molecule has 2 aliphatic rings. The Kier molecular flexibility index (Phi) is 5.98. The second kappa shape index (κ2) is 9.28. The molecule has 0 N–H and O–H groups in total. The SMILES string of the molecule is O=C(CSc1nc2c(c(=O)n1Cc1ccco1)C1(CCCCC1)Cc1ccccc1-2)c1cccs1. The van der Waals surface area contributed by atoms with E-state index in [1.807, 2.05) is 35.7 Å². The number of benzene rings is 1. The lowest BCUT2D eigenvalue weighted by Crippen LogP contribution is -2.43. The number of hydrogen-bond acceptors (Lipinski definition) is 6. The molecule has 1 fully saturated rings. The summed E-state index contributed by atoms with van der Waals surface area (Å²) in [7, 11) is 0. The van der Waals surface area contributed by atoms with Crippen molar-refractivity contribution in [2.75, 3.05) is 5.75 Å². The van der Waals surface area contributed by atoms with E-state index >= 15 is 0 Å². The molecule has 0 aliphatic heterocycles. The Balaban J connectivity index is 1.50. The lowest BCUT2D eigenvalue weighted by molar-refractivity contribution is 0.102. The highest BCUT2D eigenvalue weighted by Crippen LogP contribution is 2.48. The van der Waals surface area contributed by atoms with Gasteiger partial charge in [0.2, 0.25) is 0 Å². The van der Waals surface area contributed by atoms with Gasteiger partial charge in [-0.15, -0.1) is 11.3 Å². The fourth-order valence-corrected chi connectivity index (χ4v) is 7.30. The highest BCUT2D eigenvalue weighted by atomic mass is 32.2. The van der Waals surface area contributed by atoms with Crippen molar-refractivity contribution in [1.82, 2.24) is 9.55 Å². The van der Waals surface area contributed by atoms with Crippen molar-refractivity contribution < 1.29 is 9.21 Å². The molecule has 3 aromatic heterocycles. The maximum Gasteiger partial charge on any atom is 0.258 e. The van der Waals surface area contributed by atoms with Crippen LogP contribution in [-0.4, -0.2) is 21.1 Å². The Morgan fingerprint density at radius 1 is 1.09 bits per heavy atom. The molecule has 4 aromatic rings. The van der Waals surface area contributed by atoms with Crippen LogP contribution in [0.2, 0.25) is 0 Å². The van der Waals surface area contributed by atoms with Crippen LogP contribution >= 0.6 is 23.1 Å². The fraction of sp³-hybridized carbons (Fsp3) is 0.321. The highest BCUT2D eigenvalue weighted by Gasteiger charge is 2.43. The first-order valence-electron chi connectivity index (χ1n) is 12.1. The van der Waals surface area contributed by atoms with Gasteiger partial charge >= 0.3 is 0 Å². The Morgan fingerprint density at radius 2 is 1.94 bits per heavy atom. The number of rotatable bonds is 6. The van der Waals surface area contributed by atoms with Crippen LogP contribution in [0.4, 0.5) is 0 Å². The van der Waals surface area contributed by atoms with Gasteiger partial charge in [0.15, 0.2) is 10.9 Å². The van der Waals surface area contributed by atoms with Crippen molar-refractivity contribution in [2.24, 2.45) is 0 Å². The summed E-state index contributed by atoms with van der Waals surface area (Å²) in [5.74, 6) is 0.983. The molecular weight excluding hydrogens is 476 g/mol. The minimum atomic E-state index is -0.174. The standard InChI is InChI=1S/C28H26N2O3S2/c31-22(23-11-7-15-34-23)18-35-27-29-25-21-10-3-2-8-19(21)16-28(12-4-1-5-13-28)24(25)26(32)30(27)17-20-9-6-14-33-20/h2-3,6-11,14-15H,1,4-5,12-13,16-18H2. The Morgan fingerprint density at radius 3 is 2.71 bits per heavy atom. The normalized spacial score (nSPS) is 16.1. The average molecular weight is 503 g/mol. The van der Waals surface area contributed by atoms with E-state index in [0.717, 1.165) is 53.8 Å². The van der Waals surface area contributed by atoms with Gasteiger partial charge in [-0.05, 0) is 48.4 Å². The second-order valence-electron chi connectivity index (χ2n) is 9.45. The third kappa shape index (κ3) is 4.10. The summed E-state index contributed by atoms with van der Waals surface area (Å²) in [4.78, 5) is 32.9. The third-order valence-corrected chi connectivity index (χ3v) is 9.19. The molecule has 7 heteroatoms. The summed E-state index contributed by atoms with van der Waals surface area (Å²) in [6, 6.07) is 15.8. The monoisotopic (exact) mass is 502 g/mol. The van der Waals surface area contributed by atoms with Crippen molar-refractivity contribution in [1.29, 1.82) is 0 Å². The van der Waals surface area contributed by atoms with Crippen LogP contribution in [0.5, 0.6) is 0 Å². The molecule has 178 valence electrons. The van der Waals surface area contributed by atoms with Crippen LogP contribution in [0.1, 0.15) is 58.7 Å². The molecule has 2 aliphatic carbocycles. The lowest BCUT2D eigenvalue weighted by Gasteiger charge is -2.42. The van der Waals surface area contributed by atoms with Gasteiger partial charge in [0.1, 0.15) is 5.76 Å². The number of furan rings is 1. The highest BCUT2D eigenvalue weighted by molar-refractivity contribution is 7.99. The zero-order valence-corrected chi connectivity index (χ0v) is 21.0. The fourth-order valence-electron chi connectivity index (χ4n) is 5.67. The van der Waals surface area contributed by atoms with Crippen molar-refractivity contribution in [2.45, 2.75) is 55.6 Å². The van der Waals surface area contributed by atoms with E-state index in [-0.39, 0.29) is 22.5 Å². The Hall–Kier alpha value is -2.90. The van der Waals surface area contributed by atoms with Crippen molar-refractivity contribution in [3.05, 3.63) is 92.3 Å². The zero-order chi connectivity index (χ0) is 23.8. The molecule has 1 aromatic carbocycles. The maximum absolute atomic E-state index is 14.3. The molecule has 0 atom stereocenters. The summed E-state index contributed by atoms with van der Waals surface area (Å²) >= 11 is 2.78. The quantitative estimate of drug-likeness (QED) is 0.175. The average Bonchev–Trinajstić information content (AvgIpc) is 3.59. The second-order valence-corrected chi connectivity index (χ2v) is 11.3. The summed E-state index contributed by atoms with van der Waals surface area (Å²) in [5, 5.41) is 2.47. The molecule has 0 radical (unpaired) electrons. The van der Waals surface area contributed by atoms with Gasteiger partial charge in [-0.1, -0.05) is 61.4 Å². The number of aromatic nitrogens is 2. The molecule has 0 saturated heterocycles. The minimum absolute atomic E-state index is 0.00822. The van der Waals surface area contributed by atoms with Gasteiger partial charge in [-0.3, -0.25) is 14.2 Å². The van der Waals surface area contributed by atoms with Crippen LogP contribution in [0.3, 0.4) is 0 Å². The van der Waals surface area contributed by atoms with Crippen LogP contribution in [0.25, 0.3) is 11.3 Å². The summed E-state index contributed by atoms with van der Waals surface area (Å²) < 4.78 is 7.34. The summed E-state index contributed by atoms with van der Waals surface area (Å²) in [5.41, 5.74) is 3.81. The largest absolute Gasteiger partial charge is 0.467 e. The molecule has 6 rings (SSSR count). The van der Waals surface area contributed by atoms with E-state index in [4.69, 9.17) is 9.40 Å². The molecular formula is C28H26N2O3S2. The van der Waals surface area contributed by atoms with E-state index in [9.17, 15) is 9.59 Å². The number of ketones is 1. The molecule has 1 spiro atoms. The van der Waals surface area contributed by atoms with Crippen molar-refractivity contribution >= 4 is 28.9 Å². The Labute approximate surface area is 212 Å². The van der Waals surface area contributed by atoms with E-state index in [1.54, 1.807) is 10.8 Å². The van der Waals surface area contributed by atoms with Crippen LogP contribution < -0.4 is 5.56 Å². The van der Waals surface area contributed by atoms with Gasteiger partial charge in [0.25, 0.3) is 5.56 Å². The van der Waals surface area contributed by atoms with Gasteiger partial charge in [0.05, 0.1) is 34.7 Å². The van der Waals surface area contributed by atoms with E-state index in [0.29, 0.717) is 17.5 Å². The first-order chi connectivity index (χ1) is 17.1. The van der Waals surface area contributed by atoms with Gasteiger partial charge < -0.3 is 4.42 Å². The number of carbonyl (C=O) groups is 1. The molecule has 35 heavy (non-hydrogen) atoms. The third-order valence-electron chi connectivity index (χ3n) is 7.30. The summed E-state index contributed by atoms with van der Waals surface area (Å²) in [6.07, 6.45) is 8.00. The molecule has 5 nitrogen and oxygen atoms in total.